The number of hydrogen-bond donors (Lipinski definition) is 1. The second kappa shape index (κ2) is 5.53. The van der Waals surface area contributed by atoms with Crippen molar-refractivity contribution in [2.75, 3.05) is 7.11 Å². The van der Waals surface area contributed by atoms with Gasteiger partial charge in [-0.05, 0) is 0 Å². The molecule has 0 aromatic carbocycles. The highest BCUT2D eigenvalue weighted by Crippen LogP contribution is 1.83. The molecule has 0 fully saturated rings. The first kappa shape index (κ1) is 12.8. The van der Waals surface area contributed by atoms with Crippen LogP contribution in [0.1, 0.15) is 5.82 Å². The van der Waals surface area contributed by atoms with Gasteiger partial charge in [-0.15, -0.1) is 0 Å². The third kappa shape index (κ3) is 5.46. The first-order valence-electron chi connectivity index (χ1n) is 3.57. The summed E-state index contributed by atoms with van der Waals surface area (Å²) >= 11 is 0. The molecular formula is C7H12N2O4S. The molecule has 80 valence electrons. The van der Waals surface area contributed by atoms with E-state index in [0.29, 0.717) is 0 Å². The second-order valence-electron chi connectivity index (χ2n) is 2.24. The van der Waals surface area contributed by atoms with E-state index in [0.717, 1.165) is 12.9 Å². The van der Waals surface area contributed by atoms with Gasteiger partial charge in [0.1, 0.15) is 12.4 Å². The van der Waals surface area contributed by atoms with E-state index in [1.165, 1.54) is 0 Å². The van der Waals surface area contributed by atoms with Crippen LogP contribution >= 0.6 is 0 Å². The molecule has 6 nitrogen and oxygen atoms in total. The highest BCUT2D eigenvalue weighted by molar-refractivity contribution is 7.80. The van der Waals surface area contributed by atoms with E-state index in [9.17, 15) is 13.0 Å². The van der Waals surface area contributed by atoms with Gasteiger partial charge in [0, 0.05) is 6.08 Å². The lowest BCUT2D eigenvalue weighted by Gasteiger charge is -1.98. The third-order valence-corrected chi connectivity index (χ3v) is 1.72. The number of nitrogens with zero attached hydrogens (tertiary/aromatic N) is 1. The molecule has 7 heteroatoms. The SMILES string of the molecule is C=Cc1[nH]cc[n+]1C.COS(=O)(=O)[O-]. The van der Waals surface area contributed by atoms with E-state index in [2.05, 4.69) is 15.7 Å². The number of H-pyrrole nitrogens is 1. The summed E-state index contributed by atoms with van der Waals surface area (Å²) in [6.07, 6.45) is 5.59. The van der Waals surface area contributed by atoms with Crippen LogP contribution in [-0.4, -0.2) is 25.1 Å². The lowest BCUT2D eigenvalue weighted by atomic mass is 10.6. The van der Waals surface area contributed by atoms with Gasteiger partial charge in [0.25, 0.3) is 5.82 Å². The predicted octanol–water partition coefficient (Wildman–Crippen LogP) is -0.425. The summed E-state index contributed by atoms with van der Waals surface area (Å²) in [4.78, 5) is 3.00. The van der Waals surface area contributed by atoms with E-state index in [4.69, 9.17) is 0 Å². The number of nitrogens with one attached hydrogen (secondary N) is 1. The number of imidazole rings is 1. The van der Waals surface area contributed by atoms with Crippen molar-refractivity contribution >= 4 is 16.5 Å². The standard InChI is InChI=1S/C6H8N2.CH4O4S/c1-3-6-7-4-5-8(6)2;1-5-6(2,3)4/h3-5H,1H2,2H3;1H3,(H,2,3,4). The van der Waals surface area contributed by atoms with Crippen molar-refractivity contribution in [2.45, 2.75) is 0 Å². The average Bonchev–Trinajstić information content (AvgIpc) is 2.51. The molecule has 1 rings (SSSR count). The Morgan fingerprint density at radius 2 is 2.21 bits per heavy atom. The summed E-state index contributed by atoms with van der Waals surface area (Å²) < 4.78 is 33.0. The number of aryl methyl sites for hydroxylation is 1. The Hall–Kier alpha value is -1.18. The molecule has 0 bridgehead atoms. The molecule has 1 aromatic rings. The molecule has 0 saturated heterocycles. The summed E-state index contributed by atoms with van der Waals surface area (Å²) in [5.41, 5.74) is 0. The number of aromatic nitrogens is 2. The van der Waals surface area contributed by atoms with E-state index in [1.807, 2.05) is 24.0 Å². The van der Waals surface area contributed by atoms with Crippen LogP contribution < -0.4 is 4.57 Å². The highest BCUT2D eigenvalue weighted by Gasteiger charge is 1.96. The molecule has 0 saturated carbocycles. The van der Waals surface area contributed by atoms with Crippen molar-refractivity contribution in [3.05, 3.63) is 24.8 Å². The van der Waals surface area contributed by atoms with Crippen molar-refractivity contribution in [3.8, 4) is 0 Å². The molecule has 14 heavy (non-hydrogen) atoms. The minimum atomic E-state index is -4.41. The Labute approximate surface area is 82.8 Å². The van der Waals surface area contributed by atoms with Gasteiger partial charge in [-0.25, -0.2) is 18.0 Å². The summed E-state index contributed by atoms with van der Waals surface area (Å²) in [5, 5.41) is 0. The van der Waals surface area contributed by atoms with Gasteiger partial charge in [-0.2, -0.15) is 0 Å². The summed E-state index contributed by atoms with van der Waals surface area (Å²) in [7, 11) is -1.64. The Kier molecular flexibility index (Phi) is 5.06. The maximum atomic E-state index is 9.22. The molecule has 0 aliphatic carbocycles. The zero-order chi connectivity index (χ0) is 11.2. The lowest BCUT2D eigenvalue weighted by molar-refractivity contribution is -0.671. The smallest absolute Gasteiger partial charge is 0.278 e. The fourth-order valence-corrected chi connectivity index (χ4v) is 0.619. The molecule has 1 aromatic heterocycles. The maximum absolute atomic E-state index is 9.22. The minimum Gasteiger partial charge on any atom is -0.726 e. The topological polar surface area (TPSA) is 86.1 Å². The van der Waals surface area contributed by atoms with Crippen LogP contribution in [-0.2, 0) is 21.6 Å². The normalized spacial score (nSPS) is 10.2. The molecule has 0 amide bonds. The van der Waals surface area contributed by atoms with Gasteiger partial charge in [-0.1, -0.05) is 6.58 Å². The van der Waals surface area contributed by atoms with Crippen LogP contribution in [0.15, 0.2) is 19.0 Å². The van der Waals surface area contributed by atoms with Gasteiger partial charge in [0.2, 0.25) is 10.4 Å². The largest absolute Gasteiger partial charge is 0.726 e. The Balaban J connectivity index is 0.000000255. The van der Waals surface area contributed by atoms with Gasteiger partial charge in [-0.3, -0.25) is 4.18 Å². The van der Waals surface area contributed by atoms with Crippen molar-refractivity contribution in [1.82, 2.24) is 4.98 Å². The lowest BCUT2D eigenvalue weighted by Crippen LogP contribution is -2.27. The maximum Gasteiger partial charge on any atom is 0.278 e. The van der Waals surface area contributed by atoms with Crippen molar-refractivity contribution in [2.24, 2.45) is 7.05 Å². The number of aromatic amines is 1. The molecule has 0 unspecified atom stereocenters. The Morgan fingerprint density at radius 3 is 2.36 bits per heavy atom. The first-order chi connectivity index (χ1) is 6.40. The van der Waals surface area contributed by atoms with Crippen LogP contribution in [0.25, 0.3) is 6.08 Å². The summed E-state index contributed by atoms with van der Waals surface area (Å²) in [6, 6.07) is 0. The number of hydrogen-bond acceptors (Lipinski definition) is 4. The molecular weight excluding hydrogens is 208 g/mol. The highest BCUT2D eigenvalue weighted by atomic mass is 32.3. The summed E-state index contributed by atoms with van der Waals surface area (Å²) in [6.45, 7) is 3.61. The predicted molar refractivity (Wildman–Crippen MR) is 48.8 cm³/mol. The van der Waals surface area contributed by atoms with E-state index in [1.54, 1.807) is 6.08 Å². The van der Waals surface area contributed by atoms with Crippen LogP contribution in [0, 0.1) is 0 Å². The van der Waals surface area contributed by atoms with E-state index < -0.39 is 10.4 Å². The average molecular weight is 220 g/mol. The summed E-state index contributed by atoms with van der Waals surface area (Å²) in [5.74, 6) is 1.03. The number of rotatable bonds is 2. The van der Waals surface area contributed by atoms with Gasteiger partial charge < -0.3 is 4.55 Å². The van der Waals surface area contributed by atoms with E-state index in [-0.39, 0.29) is 0 Å². The fourth-order valence-electron chi connectivity index (χ4n) is 0.619. The van der Waals surface area contributed by atoms with Crippen LogP contribution in [0.3, 0.4) is 0 Å². The first-order valence-corrected chi connectivity index (χ1v) is 4.91. The van der Waals surface area contributed by atoms with Crippen molar-refractivity contribution < 1.29 is 21.7 Å². The fraction of sp³-hybridized carbons (Fsp3) is 0.286. The molecule has 1 heterocycles. The van der Waals surface area contributed by atoms with Gasteiger partial charge in [0.05, 0.1) is 14.2 Å². The zero-order valence-electron chi connectivity index (χ0n) is 7.93. The minimum absolute atomic E-state index is 0.808. The molecule has 0 aliphatic rings. The quantitative estimate of drug-likeness (QED) is 0.416. The van der Waals surface area contributed by atoms with Crippen LogP contribution in [0.2, 0.25) is 0 Å². The Bertz CT molecular complexity index is 382. The van der Waals surface area contributed by atoms with Gasteiger partial charge in [0.15, 0.2) is 0 Å². The van der Waals surface area contributed by atoms with Crippen molar-refractivity contribution in [1.29, 1.82) is 0 Å². The second-order valence-corrected chi connectivity index (χ2v) is 3.39. The van der Waals surface area contributed by atoms with Crippen molar-refractivity contribution in [3.63, 3.8) is 0 Å². The monoisotopic (exact) mass is 220 g/mol. The van der Waals surface area contributed by atoms with E-state index >= 15 is 0 Å². The van der Waals surface area contributed by atoms with Crippen LogP contribution in [0.4, 0.5) is 0 Å². The third-order valence-electron chi connectivity index (χ3n) is 1.31. The molecule has 1 N–H and O–H groups in total. The Morgan fingerprint density at radius 1 is 1.71 bits per heavy atom. The van der Waals surface area contributed by atoms with Gasteiger partial charge >= 0.3 is 0 Å². The zero-order valence-corrected chi connectivity index (χ0v) is 8.74. The van der Waals surface area contributed by atoms with Crippen LogP contribution in [0.5, 0.6) is 0 Å². The molecule has 0 atom stereocenters. The molecule has 0 radical (unpaired) electrons. The molecule has 0 spiro atoms. The molecule has 0 aliphatic heterocycles.